The van der Waals surface area contributed by atoms with Gasteiger partial charge in [-0.1, -0.05) is 42.5 Å². The molecular weight excluding hydrogens is 408 g/mol. The molecule has 0 aliphatic heterocycles. The van der Waals surface area contributed by atoms with Gasteiger partial charge in [0.25, 0.3) is 5.91 Å². The lowest BCUT2D eigenvalue weighted by molar-refractivity contribution is -0.118. The first-order chi connectivity index (χ1) is 15.6. The second kappa shape index (κ2) is 9.65. The van der Waals surface area contributed by atoms with E-state index in [1.807, 2.05) is 54.6 Å². The minimum absolute atomic E-state index is 0.133. The molecule has 3 N–H and O–H groups in total. The summed E-state index contributed by atoms with van der Waals surface area (Å²) >= 11 is 0. The number of benzene rings is 2. The highest BCUT2D eigenvalue weighted by molar-refractivity contribution is 6.00. The average Bonchev–Trinajstić information content (AvgIpc) is 3.52. The van der Waals surface area contributed by atoms with Crippen LogP contribution in [0.4, 0.5) is 5.82 Å². The van der Waals surface area contributed by atoms with Crippen molar-refractivity contribution in [3.8, 4) is 17.0 Å². The number of methoxy groups -OCH3 is 1. The molecule has 2 heterocycles. The molecule has 0 bridgehead atoms. The number of rotatable bonds is 8. The summed E-state index contributed by atoms with van der Waals surface area (Å²) < 4.78 is 10.5. The van der Waals surface area contributed by atoms with Gasteiger partial charge in [0.15, 0.2) is 11.6 Å². The number of nitrogens with one attached hydrogen (secondary N) is 3. The zero-order chi connectivity index (χ0) is 22.3. The Morgan fingerprint density at radius 2 is 1.84 bits per heavy atom. The molecule has 0 fully saturated rings. The number of aromatic nitrogens is 2. The monoisotopic (exact) mass is 430 g/mol. The normalized spacial score (nSPS) is 11.5. The lowest BCUT2D eigenvalue weighted by Gasteiger charge is -2.17. The van der Waals surface area contributed by atoms with Gasteiger partial charge in [-0.15, -0.1) is 0 Å². The van der Waals surface area contributed by atoms with Gasteiger partial charge in [0.1, 0.15) is 11.8 Å². The van der Waals surface area contributed by atoms with Crippen LogP contribution in [0.1, 0.15) is 16.1 Å². The maximum absolute atomic E-state index is 13.1. The fourth-order valence-corrected chi connectivity index (χ4v) is 3.30. The highest BCUT2D eigenvalue weighted by atomic mass is 16.5. The van der Waals surface area contributed by atoms with Crippen LogP contribution in [0.5, 0.6) is 5.75 Å². The summed E-state index contributed by atoms with van der Waals surface area (Å²) in [5.74, 6) is 0.284. The molecule has 2 aromatic carbocycles. The first kappa shape index (κ1) is 20.9. The minimum atomic E-state index is -0.832. The van der Waals surface area contributed by atoms with Crippen LogP contribution in [0.2, 0.25) is 0 Å². The van der Waals surface area contributed by atoms with Crippen molar-refractivity contribution in [2.45, 2.75) is 12.5 Å². The smallest absolute Gasteiger partial charge is 0.287 e. The number of nitrogens with zero attached hydrogens (tertiary/aromatic N) is 1. The standard InChI is InChI=1S/C24H22N4O4/c1-31-20-11-6-5-10-17(20)18-15-22(28-27-18)26-23(29)19(14-16-8-3-2-4-9-16)25-24(30)21-12-7-13-32-21/h2-13,15,19H,14H2,1H3,(H,25,30)(H2,26,27,28,29). The quantitative estimate of drug-likeness (QED) is 0.395. The summed E-state index contributed by atoms with van der Waals surface area (Å²) in [4.78, 5) is 25.6. The number of hydrogen-bond acceptors (Lipinski definition) is 5. The molecule has 2 aromatic heterocycles. The van der Waals surface area contributed by atoms with Gasteiger partial charge in [-0.25, -0.2) is 0 Å². The Hall–Kier alpha value is -4.33. The largest absolute Gasteiger partial charge is 0.496 e. The van der Waals surface area contributed by atoms with Gasteiger partial charge in [0, 0.05) is 18.1 Å². The highest BCUT2D eigenvalue weighted by Crippen LogP contribution is 2.29. The van der Waals surface area contributed by atoms with Gasteiger partial charge in [0.2, 0.25) is 5.91 Å². The van der Waals surface area contributed by atoms with E-state index >= 15 is 0 Å². The summed E-state index contributed by atoms with van der Waals surface area (Å²) in [6, 6.07) is 21.0. The predicted octanol–water partition coefficient (Wildman–Crippen LogP) is 3.66. The summed E-state index contributed by atoms with van der Waals surface area (Å²) in [5.41, 5.74) is 2.41. The molecule has 0 spiro atoms. The third kappa shape index (κ3) is 4.86. The fraction of sp³-hybridized carbons (Fsp3) is 0.125. The molecule has 2 amide bonds. The molecule has 4 aromatic rings. The second-order valence-electron chi connectivity index (χ2n) is 7.05. The molecule has 0 aliphatic rings. The predicted molar refractivity (Wildman–Crippen MR) is 119 cm³/mol. The average molecular weight is 430 g/mol. The number of hydrogen-bond donors (Lipinski definition) is 3. The Morgan fingerprint density at radius 3 is 2.59 bits per heavy atom. The number of ether oxygens (including phenoxy) is 1. The maximum Gasteiger partial charge on any atom is 0.287 e. The number of amides is 2. The molecule has 0 aliphatic carbocycles. The molecule has 8 nitrogen and oxygen atoms in total. The summed E-state index contributed by atoms with van der Waals surface area (Å²) in [6.45, 7) is 0. The van der Waals surface area contributed by atoms with Crippen molar-refractivity contribution in [3.05, 3.63) is 90.4 Å². The van der Waals surface area contributed by atoms with Crippen LogP contribution < -0.4 is 15.4 Å². The Bertz CT molecular complexity index is 1190. The number of furan rings is 1. The zero-order valence-corrected chi connectivity index (χ0v) is 17.4. The van der Waals surface area contributed by atoms with E-state index in [4.69, 9.17) is 9.15 Å². The fourth-order valence-electron chi connectivity index (χ4n) is 3.30. The van der Waals surface area contributed by atoms with Gasteiger partial charge in [-0.2, -0.15) is 5.10 Å². The summed E-state index contributed by atoms with van der Waals surface area (Å²) in [6.07, 6.45) is 1.72. The lowest BCUT2D eigenvalue weighted by atomic mass is 10.0. The second-order valence-corrected chi connectivity index (χ2v) is 7.05. The summed E-state index contributed by atoms with van der Waals surface area (Å²) in [5, 5.41) is 12.6. The van der Waals surface area contributed by atoms with Gasteiger partial charge in [0.05, 0.1) is 19.1 Å². The number of para-hydroxylation sites is 1. The molecule has 1 unspecified atom stereocenters. The third-order valence-electron chi connectivity index (χ3n) is 4.88. The Morgan fingerprint density at radius 1 is 1.06 bits per heavy atom. The Labute approximate surface area is 184 Å². The van der Waals surface area contributed by atoms with Crippen molar-refractivity contribution in [1.82, 2.24) is 15.5 Å². The van der Waals surface area contributed by atoms with Gasteiger partial charge in [-0.05, 0) is 29.8 Å². The van der Waals surface area contributed by atoms with Gasteiger partial charge in [-0.3, -0.25) is 14.7 Å². The molecule has 4 rings (SSSR count). The molecule has 162 valence electrons. The number of anilines is 1. The van der Waals surface area contributed by atoms with Crippen LogP contribution in [0.15, 0.2) is 83.5 Å². The number of aromatic amines is 1. The van der Waals surface area contributed by atoms with E-state index in [2.05, 4.69) is 20.8 Å². The molecule has 32 heavy (non-hydrogen) atoms. The van der Waals surface area contributed by atoms with Crippen LogP contribution >= 0.6 is 0 Å². The van der Waals surface area contributed by atoms with Crippen LogP contribution in [0, 0.1) is 0 Å². The maximum atomic E-state index is 13.1. The Kier molecular flexibility index (Phi) is 6.31. The number of H-pyrrole nitrogens is 1. The van der Waals surface area contributed by atoms with Crippen LogP contribution in [0.3, 0.4) is 0 Å². The lowest BCUT2D eigenvalue weighted by Crippen LogP contribution is -2.45. The molecule has 8 heteroatoms. The van der Waals surface area contributed by atoms with E-state index in [-0.39, 0.29) is 5.76 Å². The van der Waals surface area contributed by atoms with Crippen molar-refractivity contribution in [2.75, 3.05) is 12.4 Å². The van der Waals surface area contributed by atoms with E-state index in [0.717, 1.165) is 11.1 Å². The van der Waals surface area contributed by atoms with Crippen LogP contribution in [-0.2, 0) is 11.2 Å². The van der Waals surface area contributed by atoms with E-state index in [1.54, 1.807) is 25.3 Å². The van der Waals surface area contributed by atoms with E-state index in [9.17, 15) is 9.59 Å². The first-order valence-corrected chi connectivity index (χ1v) is 10.0. The highest BCUT2D eigenvalue weighted by Gasteiger charge is 2.24. The minimum Gasteiger partial charge on any atom is -0.496 e. The van der Waals surface area contributed by atoms with Crippen molar-refractivity contribution in [2.24, 2.45) is 0 Å². The first-order valence-electron chi connectivity index (χ1n) is 10.0. The van der Waals surface area contributed by atoms with Crippen LogP contribution in [-0.4, -0.2) is 35.2 Å². The molecule has 0 saturated carbocycles. The van der Waals surface area contributed by atoms with E-state index in [0.29, 0.717) is 23.7 Å². The molecule has 0 radical (unpaired) electrons. The van der Waals surface area contributed by atoms with Gasteiger partial charge < -0.3 is 19.8 Å². The number of carbonyl (C=O) groups is 2. The summed E-state index contributed by atoms with van der Waals surface area (Å²) in [7, 11) is 1.59. The van der Waals surface area contributed by atoms with E-state index < -0.39 is 17.9 Å². The van der Waals surface area contributed by atoms with Gasteiger partial charge >= 0.3 is 0 Å². The molecular formula is C24H22N4O4. The van der Waals surface area contributed by atoms with Crippen LogP contribution in [0.25, 0.3) is 11.3 Å². The zero-order valence-electron chi connectivity index (χ0n) is 17.4. The third-order valence-corrected chi connectivity index (χ3v) is 4.88. The SMILES string of the molecule is COc1ccccc1-c1cc(NC(=O)C(Cc2ccccc2)NC(=O)c2ccco2)n[nH]1. The van der Waals surface area contributed by atoms with Crippen molar-refractivity contribution in [1.29, 1.82) is 0 Å². The van der Waals surface area contributed by atoms with E-state index in [1.165, 1.54) is 6.26 Å². The van der Waals surface area contributed by atoms with Crippen molar-refractivity contribution < 1.29 is 18.7 Å². The van der Waals surface area contributed by atoms with Crippen molar-refractivity contribution in [3.63, 3.8) is 0 Å². The Balaban J connectivity index is 1.52. The topological polar surface area (TPSA) is 109 Å². The number of carbonyl (C=O) groups excluding carboxylic acids is 2. The molecule has 0 saturated heterocycles. The molecule has 1 atom stereocenters. The van der Waals surface area contributed by atoms with Crippen molar-refractivity contribution >= 4 is 17.6 Å².